The lowest BCUT2D eigenvalue weighted by Crippen LogP contribution is -2.40. The molecule has 5 nitrogen and oxygen atoms in total. The quantitative estimate of drug-likeness (QED) is 0.596. The largest absolute Gasteiger partial charge is 0.481 e. The van der Waals surface area contributed by atoms with Crippen LogP contribution >= 0.6 is 0 Å². The number of carbonyl (C=O) groups is 2. The summed E-state index contributed by atoms with van der Waals surface area (Å²) < 4.78 is 0. The highest BCUT2D eigenvalue weighted by Crippen LogP contribution is 1.99. The van der Waals surface area contributed by atoms with E-state index in [1.54, 1.807) is 6.92 Å². The molecule has 0 aromatic rings. The topological polar surface area (TPSA) is 78.4 Å². The minimum absolute atomic E-state index is 0.182. The van der Waals surface area contributed by atoms with E-state index < -0.39 is 11.9 Å². The van der Waals surface area contributed by atoms with Gasteiger partial charge < -0.3 is 15.7 Å². The summed E-state index contributed by atoms with van der Waals surface area (Å²) in [7, 11) is 0. The van der Waals surface area contributed by atoms with Gasteiger partial charge in [-0.2, -0.15) is 0 Å². The first-order chi connectivity index (χ1) is 6.61. The summed E-state index contributed by atoms with van der Waals surface area (Å²) in [5.41, 5.74) is 0. The Morgan fingerprint density at radius 3 is 2.36 bits per heavy atom. The highest BCUT2D eigenvalue weighted by atomic mass is 16.4. The summed E-state index contributed by atoms with van der Waals surface area (Å²) in [5.74, 6) is -1.37. The van der Waals surface area contributed by atoms with E-state index in [0.717, 1.165) is 6.42 Å². The molecule has 82 valence electrons. The van der Waals surface area contributed by atoms with E-state index in [1.807, 2.05) is 6.92 Å². The van der Waals surface area contributed by atoms with Crippen molar-refractivity contribution in [2.24, 2.45) is 5.92 Å². The predicted octanol–water partition coefficient (Wildman–Crippen LogP) is 0.806. The van der Waals surface area contributed by atoms with Crippen LogP contribution in [0, 0.1) is 5.92 Å². The Balaban J connectivity index is 3.68. The van der Waals surface area contributed by atoms with Crippen LogP contribution in [0.1, 0.15) is 26.7 Å². The van der Waals surface area contributed by atoms with Gasteiger partial charge in [0.05, 0.1) is 5.92 Å². The van der Waals surface area contributed by atoms with E-state index in [1.165, 1.54) is 0 Å². The molecule has 0 bridgehead atoms. The van der Waals surface area contributed by atoms with Gasteiger partial charge in [0, 0.05) is 13.1 Å². The van der Waals surface area contributed by atoms with Gasteiger partial charge in [-0.25, -0.2) is 4.79 Å². The van der Waals surface area contributed by atoms with E-state index in [4.69, 9.17) is 5.11 Å². The molecule has 0 saturated heterocycles. The molecular formula is C9H18N2O3. The van der Waals surface area contributed by atoms with Gasteiger partial charge in [-0.15, -0.1) is 0 Å². The highest BCUT2D eigenvalue weighted by Gasteiger charge is 2.15. The maximum atomic E-state index is 11.0. The number of hydrogen-bond donors (Lipinski definition) is 3. The zero-order chi connectivity index (χ0) is 11.0. The molecule has 3 N–H and O–H groups in total. The Labute approximate surface area is 83.9 Å². The zero-order valence-corrected chi connectivity index (χ0v) is 8.67. The van der Waals surface area contributed by atoms with Gasteiger partial charge in [-0.05, 0) is 12.8 Å². The van der Waals surface area contributed by atoms with Crippen molar-refractivity contribution in [2.75, 3.05) is 13.1 Å². The van der Waals surface area contributed by atoms with Crippen molar-refractivity contribution in [3.63, 3.8) is 0 Å². The minimum atomic E-state index is -0.872. The van der Waals surface area contributed by atoms with Gasteiger partial charge in [-0.3, -0.25) is 4.79 Å². The van der Waals surface area contributed by atoms with Crippen LogP contribution in [-0.2, 0) is 4.79 Å². The second kappa shape index (κ2) is 7.17. The first-order valence-electron chi connectivity index (χ1n) is 4.86. The number of amides is 2. The number of hydrogen-bond acceptors (Lipinski definition) is 2. The Morgan fingerprint density at radius 2 is 1.93 bits per heavy atom. The molecule has 5 heteroatoms. The summed E-state index contributed by atoms with van der Waals surface area (Å²) in [6, 6.07) is -0.299. The van der Waals surface area contributed by atoms with Crippen molar-refractivity contribution in [2.45, 2.75) is 26.7 Å². The number of nitrogens with one attached hydrogen (secondary N) is 2. The van der Waals surface area contributed by atoms with Gasteiger partial charge in [-0.1, -0.05) is 13.8 Å². The molecule has 2 amide bonds. The summed E-state index contributed by atoms with van der Waals surface area (Å²) in [6.45, 7) is 4.52. The van der Waals surface area contributed by atoms with Crippen LogP contribution < -0.4 is 10.6 Å². The molecule has 1 atom stereocenters. The molecule has 0 saturated carbocycles. The highest BCUT2D eigenvalue weighted by molar-refractivity contribution is 5.75. The van der Waals surface area contributed by atoms with Crippen LogP contribution in [0.15, 0.2) is 0 Å². The Bertz CT molecular complexity index is 194. The second-order valence-electron chi connectivity index (χ2n) is 3.08. The third-order valence-corrected chi connectivity index (χ3v) is 1.89. The van der Waals surface area contributed by atoms with Crippen molar-refractivity contribution in [3.05, 3.63) is 0 Å². The maximum Gasteiger partial charge on any atom is 0.314 e. The molecule has 0 rings (SSSR count). The Morgan fingerprint density at radius 1 is 1.29 bits per heavy atom. The molecule has 14 heavy (non-hydrogen) atoms. The molecule has 0 aliphatic heterocycles. The molecule has 0 spiro atoms. The normalized spacial score (nSPS) is 11.9. The van der Waals surface area contributed by atoms with Crippen LogP contribution in [0.4, 0.5) is 4.79 Å². The van der Waals surface area contributed by atoms with E-state index >= 15 is 0 Å². The van der Waals surface area contributed by atoms with E-state index in [-0.39, 0.29) is 12.6 Å². The molecule has 0 aromatic carbocycles. The average molecular weight is 202 g/mol. The van der Waals surface area contributed by atoms with Crippen molar-refractivity contribution >= 4 is 12.0 Å². The first kappa shape index (κ1) is 12.7. The van der Waals surface area contributed by atoms with Crippen molar-refractivity contribution in [1.29, 1.82) is 0 Å². The molecule has 0 aliphatic carbocycles. The second-order valence-corrected chi connectivity index (χ2v) is 3.08. The Hall–Kier alpha value is -1.26. The summed E-state index contributed by atoms with van der Waals surface area (Å²) in [4.78, 5) is 21.6. The lowest BCUT2D eigenvalue weighted by atomic mass is 10.1. The molecule has 0 aliphatic rings. The van der Waals surface area contributed by atoms with Gasteiger partial charge >= 0.3 is 12.0 Å². The fraction of sp³-hybridized carbons (Fsp3) is 0.778. The van der Waals surface area contributed by atoms with Crippen LogP contribution in [-0.4, -0.2) is 30.2 Å². The number of urea groups is 1. The smallest absolute Gasteiger partial charge is 0.314 e. The zero-order valence-electron chi connectivity index (χ0n) is 8.67. The van der Waals surface area contributed by atoms with Crippen molar-refractivity contribution in [1.82, 2.24) is 10.6 Å². The number of carboxylic acids is 1. The van der Waals surface area contributed by atoms with Gasteiger partial charge in [0.25, 0.3) is 0 Å². The van der Waals surface area contributed by atoms with Crippen LogP contribution in [0.2, 0.25) is 0 Å². The summed E-state index contributed by atoms with van der Waals surface area (Å²) >= 11 is 0. The SMILES string of the molecule is CCCNC(=O)NCC(CC)C(=O)O. The van der Waals surface area contributed by atoms with E-state index in [2.05, 4.69) is 10.6 Å². The lowest BCUT2D eigenvalue weighted by Gasteiger charge is -2.11. The predicted molar refractivity (Wildman–Crippen MR) is 53.1 cm³/mol. The molecule has 0 fully saturated rings. The maximum absolute atomic E-state index is 11.0. The lowest BCUT2D eigenvalue weighted by molar-refractivity contribution is -0.141. The standard InChI is InChI=1S/C9H18N2O3/c1-3-5-10-9(14)11-6-7(4-2)8(12)13/h7H,3-6H2,1-2H3,(H,12,13)(H2,10,11,14). The van der Waals surface area contributed by atoms with E-state index in [0.29, 0.717) is 13.0 Å². The first-order valence-corrected chi connectivity index (χ1v) is 4.86. The van der Waals surface area contributed by atoms with Gasteiger partial charge in [0.2, 0.25) is 0 Å². The summed E-state index contributed by atoms with van der Waals surface area (Å²) in [5, 5.41) is 13.8. The number of carbonyl (C=O) groups excluding carboxylic acids is 1. The fourth-order valence-electron chi connectivity index (χ4n) is 0.923. The molecular weight excluding hydrogens is 184 g/mol. The minimum Gasteiger partial charge on any atom is -0.481 e. The van der Waals surface area contributed by atoms with Gasteiger partial charge in [0.1, 0.15) is 0 Å². The number of carboxylic acid groups (broad SMARTS) is 1. The van der Waals surface area contributed by atoms with Gasteiger partial charge in [0.15, 0.2) is 0 Å². The van der Waals surface area contributed by atoms with Crippen LogP contribution in [0.25, 0.3) is 0 Å². The third kappa shape index (κ3) is 5.40. The van der Waals surface area contributed by atoms with Crippen LogP contribution in [0.3, 0.4) is 0 Å². The number of rotatable bonds is 6. The number of aliphatic carboxylic acids is 1. The Kier molecular flexibility index (Phi) is 6.53. The molecule has 0 radical (unpaired) electrons. The fourth-order valence-corrected chi connectivity index (χ4v) is 0.923. The molecule has 1 unspecified atom stereocenters. The van der Waals surface area contributed by atoms with E-state index in [9.17, 15) is 9.59 Å². The van der Waals surface area contributed by atoms with Crippen molar-refractivity contribution < 1.29 is 14.7 Å². The molecule has 0 aromatic heterocycles. The monoisotopic (exact) mass is 202 g/mol. The molecule has 0 heterocycles. The average Bonchev–Trinajstić information content (AvgIpc) is 2.15. The third-order valence-electron chi connectivity index (χ3n) is 1.89. The van der Waals surface area contributed by atoms with Crippen molar-refractivity contribution in [3.8, 4) is 0 Å². The summed E-state index contributed by atoms with van der Waals surface area (Å²) in [6.07, 6.45) is 1.38. The van der Waals surface area contributed by atoms with Crippen LogP contribution in [0.5, 0.6) is 0 Å².